The second kappa shape index (κ2) is 6.79. The molecule has 2 aromatic carbocycles. The molecule has 3 rings (SSSR count). The average Bonchev–Trinajstić information content (AvgIpc) is 2.99. The summed E-state index contributed by atoms with van der Waals surface area (Å²) in [5.74, 6) is 0.135. The minimum Gasteiger partial charge on any atom is -0.361 e. The van der Waals surface area contributed by atoms with Gasteiger partial charge in [-0.15, -0.1) is 0 Å². The quantitative estimate of drug-likeness (QED) is 0.722. The first kappa shape index (κ1) is 16.7. The molecule has 1 atom stereocenters. The summed E-state index contributed by atoms with van der Waals surface area (Å²) in [4.78, 5) is 3.63. The normalized spacial score (nSPS) is 13.2. The maximum Gasteiger partial charge on any atom is 0.176 e. The van der Waals surface area contributed by atoms with Crippen LogP contribution in [0.2, 0.25) is 0 Å². The van der Waals surface area contributed by atoms with Gasteiger partial charge in [0.15, 0.2) is 9.84 Å². The first-order valence-electron chi connectivity index (χ1n) is 8.02. The molecule has 2 N–H and O–H groups in total. The molecule has 4 nitrogen and oxygen atoms in total. The molecule has 0 aliphatic carbocycles. The minimum absolute atomic E-state index is 0.135. The number of H-pyrrole nitrogens is 1. The van der Waals surface area contributed by atoms with Gasteiger partial charge in [-0.2, -0.15) is 0 Å². The molecule has 126 valence electrons. The molecule has 5 heteroatoms. The topological polar surface area (TPSA) is 62.0 Å². The zero-order valence-corrected chi connectivity index (χ0v) is 14.7. The van der Waals surface area contributed by atoms with E-state index in [1.165, 1.54) is 11.8 Å². The fourth-order valence-corrected chi connectivity index (χ4v) is 4.16. The lowest BCUT2D eigenvalue weighted by Crippen LogP contribution is -2.13. The van der Waals surface area contributed by atoms with Crippen LogP contribution in [0.4, 0.5) is 0 Å². The number of fused-ring (bicyclic) bond motifs is 1. The van der Waals surface area contributed by atoms with Crippen LogP contribution >= 0.6 is 0 Å². The Morgan fingerprint density at radius 1 is 1.08 bits per heavy atom. The Labute approximate surface area is 142 Å². The van der Waals surface area contributed by atoms with Crippen molar-refractivity contribution in [3.8, 4) is 0 Å². The van der Waals surface area contributed by atoms with Gasteiger partial charge in [-0.3, -0.25) is 0 Å². The van der Waals surface area contributed by atoms with E-state index in [1.54, 1.807) is 12.1 Å². The van der Waals surface area contributed by atoms with Crippen molar-refractivity contribution < 1.29 is 8.42 Å². The Hall–Kier alpha value is -2.11. The van der Waals surface area contributed by atoms with Crippen LogP contribution in [-0.4, -0.2) is 33.2 Å². The molecular weight excluding hydrogens is 320 g/mol. The third kappa shape index (κ3) is 3.23. The predicted molar refractivity (Wildman–Crippen MR) is 98.2 cm³/mol. The lowest BCUT2D eigenvalue weighted by atomic mass is 9.88. The lowest BCUT2D eigenvalue weighted by Gasteiger charge is -2.18. The Kier molecular flexibility index (Phi) is 4.73. The molecule has 3 aromatic rings. The van der Waals surface area contributed by atoms with Crippen LogP contribution in [0, 0.1) is 0 Å². The van der Waals surface area contributed by atoms with Crippen LogP contribution in [0.1, 0.15) is 23.5 Å². The molecule has 1 unspecified atom stereocenters. The largest absolute Gasteiger partial charge is 0.361 e. The van der Waals surface area contributed by atoms with E-state index in [9.17, 15) is 8.42 Å². The Bertz CT molecular complexity index is 930. The van der Waals surface area contributed by atoms with Crippen molar-refractivity contribution in [1.82, 2.24) is 10.3 Å². The zero-order chi connectivity index (χ0) is 17.2. The first-order chi connectivity index (χ1) is 11.5. The van der Waals surface area contributed by atoms with Crippen molar-refractivity contribution in [3.05, 3.63) is 65.9 Å². The van der Waals surface area contributed by atoms with Gasteiger partial charge in [-0.05, 0) is 43.3 Å². The number of rotatable bonds is 6. The van der Waals surface area contributed by atoms with Crippen LogP contribution in [0.15, 0.2) is 59.6 Å². The third-order valence-corrected chi connectivity index (χ3v) is 5.50. The third-order valence-electron chi connectivity index (χ3n) is 4.36. The van der Waals surface area contributed by atoms with Crippen LogP contribution in [0.3, 0.4) is 0 Å². The number of benzene rings is 2. The van der Waals surface area contributed by atoms with Gasteiger partial charge in [0.25, 0.3) is 0 Å². The second-order valence-corrected chi connectivity index (χ2v) is 8.03. The summed E-state index contributed by atoms with van der Waals surface area (Å²) >= 11 is 0. The van der Waals surface area contributed by atoms with E-state index in [-0.39, 0.29) is 5.92 Å². The van der Waals surface area contributed by atoms with Gasteiger partial charge >= 0.3 is 0 Å². The molecule has 0 amide bonds. The molecule has 0 aliphatic rings. The highest BCUT2D eigenvalue weighted by atomic mass is 32.2. The lowest BCUT2D eigenvalue weighted by molar-refractivity contribution is 0.602. The Balaban J connectivity index is 2.22. The molecule has 0 bridgehead atoms. The van der Waals surface area contributed by atoms with E-state index in [0.717, 1.165) is 29.4 Å². The molecule has 1 aromatic heterocycles. The number of hydrogen-bond acceptors (Lipinski definition) is 3. The van der Waals surface area contributed by atoms with Gasteiger partial charge in [0.1, 0.15) is 0 Å². The standard InChI is InChI=1S/C19H22N2O2S/c1-20-12-11-15(14-7-4-3-5-8-14)16-13-21-17-9-6-10-18(19(16)17)24(2,22)23/h3-10,13,15,20-21H,11-12H2,1-2H3. The van der Waals surface area contributed by atoms with Gasteiger partial charge in [0.05, 0.1) is 4.90 Å². The highest BCUT2D eigenvalue weighted by molar-refractivity contribution is 7.91. The monoisotopic (exact) mass is 342 g/mol. The van der Waals surface area contributed by atoms with E-state index in [0.29, 0.717) is 4.90 Å². The van der Waals surface area contributed by atoms with Crippen molar-refractivity contribution in [1.29, 1.82) is 0 Å². The second-order valence-electron chi connectivity index (χ2n) is 6.05. The molecule has 0 saturated heterocycles. The fraction of sp³-hybridized carbons (Fsp3) is 0.263. The minimum atomic E-state index is -3.29. The van der Waals surface area contributed by atoms with Crippen LogP contribution in [0.25, 0.3) is 10.9 Å². The molecule has 0 spiro atoms. The summed E-state index contributed by atoms with van der Waals surface area (Å²) in [5.41, 5.74) is 3.09. The molecule has 0 radical (unpaired) electrons. The van der Waals surface area contributed by atoms with Gasteiger partial charge in [-0.1, -0.05) is 36.4 Å². The zero-order valence-electron chi connectivity index (χ0n) is 13.9. The van der Waals surface area contributed by atoms with Crippen molar-refractivity contribution in [2.45, 2.75) is 17.2 Å². The molecule has 24 heavy (non-hydrogen) atoms. The summed E-state index contributed by atoms with van der Waals surface area (Å²) in [7, 11) is -1.36. The number of aromatic nitrogens is 1. The first-order valence-corrected chi connectivity index (χ1v) is 9.91. The van der Waals surface area contributed by atoms with Gasteiger partial charge in [0, 0.05) is 29.3 Å². The Morgan fingerprint density at radius 3 is 2.50 bits per heavy atom. The average molecular weight is 342 g/mol. The summed E-state index contributed by atoms with van der Waals surface area (Å²) in [5, 5.41) is 4.00. The van der Waals surface area contributed by atoms with E-state index < -0.39 is 9.84 Å². The maximum absolute atomic E-state index is 12.2. The van der Waals surface area contributed by atoms with Crippen LogP contribution in [-0.2, 0) is 9.84 Å². The van der Waals surface area contributed by atoms with Crippen molar-refractivity contribution >= 4 is 20.7 Å². The van der Waals surface area contributed by atoms with E-state index in [2.05, 4.69) is 22.4 Å². The van der Waals surface area contributed by atoms with Crippen molar-refractivity contribution in [3.63, 3.8) is 0 Å². The van der Waals surface area contributed by atoms with Gasteiger partial charge in [0.2, 0.25) is 0 Å². The summed E-state index contributed by atoms with van der Waals surface area (Å²) < 4.78 is 24.5. The summed E-state index contributed by atoms with van der Waals surface area (Å²) in [6.45, 7) is 0.854. The number of aromatic amines is 1. The van der Waals surface area contributed by atoms with Gasteiger partial charge in [-0.25, -0.2) is 8.42 Å². The van der Waals surface area contributed by atoms with E-state index >= 15 is 0 Å². The number of sulfone groups is 1. The highest BCUT2D eigenvalue weighted by Gasteiger charge is 2.22. The molecule has 0 saturated carbocycles. The number of hydrogen-bond donors (Lipinski definition) is 2. The predicted octanol–water partition coefficient (Wildman–Crippen LogP) is 3.31. The van der Waals surface area contributed by atoms with Crippen molar-refractivity contribution in [2.75, 3.05) is 19.8 Å². The Morgan fingerprint density at radius 2 is 1.83 bits per heavy atom. The maximum atomic E-state index is 12.2. The van der Waals surface area contributed by atoms with E-state index in [1.807, 2.05) is 37.5 Å². The molecule has 1 heterocycles. The molecule has 0 fully saturated rings. The molecule has 0 aliphatic heterocycles. The van der Waals surface area contributed by atoms with Crippen LogP contribution in [0.5, 0.6) is 0 Å². The summed E-state index contributed by atoms with van der Waals surface area (Å²) in [6.07, 6.45) is 4.11. The molecular formula is C19H22N2O2S. The highest BCUT2D eigenvalue weighted by Crippen LogP contribution is 2.36. The van der Waals surface area contributed by atoms with Crippen molar-refractivity contribution in [2.24, 2.45) is 0 Å². The SMILES string of the molecule is CNCCC(c1ccccc1)c1c[nH]c2cccc(S(C)(=O)=O)c12. The number of nitrogens with one attached hydrogen (secondary N) is 2. The van der Waals surface area contributed by atoms with Gasteiger partial charge < -0.3 is 10.3 Å². The smallest absolute Gasteiger partial charge is 0.176 e. The fourth-order valence-electron chi connectivity index (χ4n) is 3.24. The van der Waals surface area contributed by atoms with E-state index in [4.69, 9.17) is 0 Å². The van der Waals surface area contributed by atoms with Crippen LogP contribution < -0.4 is 5.32 Å². The summed E-state index contributed by atoms with van der Waals surface area (Å²) in [6, 6.07) is 15.6.